The number of fused-ring (bicyclic) bond motifs is 1. The molecule has 8 nitrogen and oxygen atoms in total. The molecule has 0 aliphatic heterocycles. The highest BCUT2D eigenvalue weighted by Crippen LogP contribution is 2.34. The van der Waals surface area contributed by atoms with Crippen LogP contribution in [-0.2, 0) is 0 Å². The van der Waals surface area contributed by atoms with Gasteiger partial charge >= 0.3 is 5.69 Å². The molecule has 1 fully saturated rings. The van der Waals surface area contributed by atoms with Crippen molar-refractivity contribution in [2.75, 3.05) is 16.8 Å². The fraction of sp³-hybridized carbons (Fsp3) is 0.364. The maximum Gasteiger partial charge on any atom is 0.330 e. The standard InChI is InChI=1S/C22H25N5O3/c1-4-26(13(2)3)16-7-5-15(6-8-16)24-20(28)14-11-18-19(23-12-14)27(17-9-10-17)22(30)25-21(18)29/h5-8,11-13,17H,4,9-10H2,1-3H3,(H,24,28)(H,25,29,30). The Labute approximate surface area is 173 Å². The van der Waals surface area contributed by atoms with Crippen LogP contribution in [0.2, 0.25) is 0 Å². The Morgan fingerprint density at radius 3 is 2.57 bits per heavy atom. The zero-order chi connectivity index (χ0) is 21.4. The van der Waals surface area contributed by atoms with E-state index in [-0.39, 0.29) is 22.9 Å². The van der Waals surface area contributed by atoms with Crippen molar-refractivity contribution < 1.29 is 4.79 Å². The third-order valence-electron chi connectivity index (χ3n) is 5.37. The lowest BCUT2D eigenvalue weighted by Crippen LogP contribution is -2.30. The first-order valence-corrected chi connectivity index (χ1v) is 10.2. The number of rotatable bonds is 6. The summed E-state index contributed by atoms with van der Waals surface area (Å²) in [6, 6.07) is 9.57. The quantitative estimate of drug-likeness (QED) is 0.654. The van der Waals surface area contributed by atoms with Gasteiger partial charge in [-0.15, -0.1) is 0 Å². The van der Waals surface area contributed by atoms with Crippen molar-refractivity contribution in [3.8, 4) is 0 Å². The van der Waals surface area contributed by atoms with E-state index in [0.717, 1.165) is 25.1 Å². The third-order valence-corrected chi connectivity index (χ3v) is 5.37. The Kier molecular flexibility index (Phi) is 5.15. The smallest absolute Gasteiger partial charge is 0.330 e. The summed E-state index contributed by atoms with van der Waals surface area (Å²) in [4.78, 5) is 45.9. The highest BCUT2D eigenvalue weighted by molar-refractivity contribution is 6.05. The second kappa shape index (κ2) is 7.78. The fourth-order valence-electron chi connectivity index (χ4n) is 3.72. The van der Waals surface area contributed by atoms with Gasteiger partial charge in [0.2, 0.25) is 0 Å². The number of benzene rings is 1. The topological polar surface area (TPSA) is 100 Å². The van der Waals surface area contributed by atoms with E-state index in [1.807, 2.05) is 24.3 Å². The lowest BCUT2D eigenvalue weighted by molar-refractivity contribution is 0.102. The summed E-state index contributed by atoms with van der Waals surface area (Å²) in [7, 11) is 0. The molecular weight excluding hydrogens is 382 g/mol. The van der Waals surface area contributed by atoms with E-state index in [9.17, 15) is 14.4 Å². The first kappa shape index (κ1) is 19.9. The predicted octanol–water partition coefficient (Wildman–Crippen LogP) is 2.91. The Bertz CT molecular complexity index is 1210. The van der Waals surface area contributed by atoms with Gasteiger partial charge in [-0.2, -0.15) is 0 Å². The molecule has 1 amide bonds. The van der Waals surface area contributed by atoms with Crippen LogP contribution < -0.4 is 21.5 Å². The minimum atomic E-state index is -0.535. The molecular formula is C22H25N5O3. The van der Waals surface area contributed by atoms with Gasteiger partial charge in [0.05, 0.1) is 10.9 Å². The summed E-state index contributed by atoms with van der Waals surface area (Å²) in [5.74, 6) is -0.364. The number of anilines is 2. The van der Waals surface area contributed by atoms with Crippen LogP contribution in [-0.4, -0.2) is 33.0 Å². The minimum Gasteiger partial charge on any atom is -0.369 e. The van der Waals surface area contributed by atoms with E-state index in [0.29, 0.717) is 17.4 Å². The Morgan fingerprint density at radius 2 is 1.97 bits per heavy atom. The van der Waals surface area contributed by atoms with Crippen LogP contribution in [0.5, 0.6) is 0 Å². The number of H-pyrrole nitrogens is 1. The van der Waals surface area contributed by atoms with Gasteiger partial charge in [-0.1, -0.05) is 0 Å². The molecule has 0 radical (unpaired) electrons. The number of nitrogens with one attached hydrogen (secondary N) is 2. The normalized spacial score (nSPS) is 13.6. The van der Waals surface area contributed by atoms with Crippen molar-refractivity contribution in [3.05, 3.63) is 62.9 Å². The fourth-order valence-corrected chi connectivity index (χ4v) is 3.72. The lowest BCUT2D eigenvalue weighted by Gasteiger charge is -2.27. The molecule has 2 heterocycles. The number of hydrogen-bond donors (Lipinski definition) is 2. The molecule has 1 aliphatic carbocycles. The average Bonchev–Trinajstić information content (AvgIpc) is 3.54. The molecule has 1 saturated carbocycles. The summed E-state index contributed by atoms with van der Waals surface area (Å²) >= 11 is 0. The molecule has 0 saturated heterocycles. The minimum absolute atomic E-state index is 0.0658. The van der Waals surface area contributed by atoms with Crippen molar-refractivity contribution in [2.45, 2.75) is 45.7 Å². The van der Waals surface area contributed by atoms with Crippen LogP contribution >= 0.6 is 0 Å². The maximum absolute atomic E-state index is 12.7. The molecule has 0 spiro atoms. The Morgan fingerprint density at radius 1 is 1.27 bits per heavy atom. The van der Waals surface area contributed by atoms with E-state index >= 15 is 0 Å². The molecule has 1 aliphatic rings. The van der Waals surface area contributed by atoms with Crippen molar-refractivity contribution in [1.82, 2.24) is 14.5 Å². The molecule has 30 heavy (non-hydrogen) atoms. The van der Waals surface area contributed by atoms with Crippen molar-refractivity contribution in [3.63, 3.8) is 0 Å². The summed E-state index contributed by atoms with van der Waals surface area (Å²) < 4.78 is 1.51. The van der Waals surface area contributed by atoms with E-state index < -0.39 is 11.2 Å². The van der Waals surface area contributed by atoms with E-state index in [1.54, 1.807) is 0 Å². The number of carbonyl (C=O) groups excluding carboxylic acids is 1. The molecule has 0 unspecified atom stereocenters. The zero-order valence-corrected chi connectivity index (χ0v) is 17.3. The van der Waals surface area contributed by atoms with Crippen molar-refractivity contribution in [1.29, 1.82) is 0 Å². The number of hydrogen-bond acceptors (Lipinski definition) is 5. The van der Waals surface area contributed by atoms with E-state index in [2.05, 4.69) is 41.0 Å². The molecule has 2 aromatic heterocycles. The van der Waals surface area contributed by atoms with Gasteiger partial charge < -0.3 is 10.2 Å². The maximum atomic E-state index is 12.7. The molecule has 8 heteroatoms. The molecule has 4 rings (SSSR count). The summed E-state index contributed by atoms with van der Waals surface area (Å²) in [5, 5.41) is 3.07. The molecule has 3 aromatic rings. The first-order valence-electron chi connectivity index (χ1n) is 10.2. The summed E-state index contributed by atoms with van der Waals surface area (Å²) in [6.45, 7) is 7.27. The number of aromatic nitrogens is 3. The SMILES string of the molecule is CCN(c1ccc(NC(=O)c2cnc3c(c2)c(=O)[nH]c(=O)n3C2CC2)cc1)C(C)C. The molecule has 1 aromatic carbocycles. The van der Waals surface area contributed by atoms with Crippen LogP contribution in [0.15, 0.2) is 46.1 Å². The number of amides is 1. The molecule has 2 N–H and O–H groups in total. The van der Waals surface area contributed by atoms with Gasteiger partial charge in [-0.25, -0.2) is 9.78 Å². The summed E-state index contributed by atoms with van der Waals surface area (Å²) in [5.41, 5.74) is 1.33. The Balaban J connectivity index is 1.59. The molecule has 0 bridgehead atoms. The predicted molar refractivity (Wildman–Crippen MR) is 117 cm³/mol. The highest BCUT2D eigenvalue weighted by atomic mass is 16.2. The zero-order valence-electron chi connectivity index (χ0n) is 17.3. The second-order valence-electron chi connectivity index (χ2n) is 7.84. The van der Waals surface area contributed by atoms with Gasteiger partial charge in [0, 0.05) is 36.2 Å². The number of aromatic amines is 1. The van der Waals surface area contributed by atoms with Crippen LogP contribution in [0, 0.1) is 0 Å². The van der Waals surface area contributed by atoms with Crippen LogP contribution in [0.3, 0.4) is 0 Å². The highest BCUT2D eigenvalue weighted by Gasteiger charge is 2.27. The lowest BCUT2D eigenvalue weighted by atomic mass is 10.2. The number of pyridine rings is 1. The van der Waals surface area contributed by atoms with Crippen molar-refractivity contribution >= 4 is 28.3 Å². The van der Waals surface area contributed by atoms with Crippen LogP contribution in [0.25, 0.3) is 11.0 Å². The molecule has 156 valence electrons. The average molecular weight is 407 g/mol. The van der Waals surface area contributed by atoms with Gasteiger partial charge in [0.15, 0.2) is 0 Å². The van der Waals surface area contributed by atoms with Crippen LogP contribution in [0.1, 0.15) is 50.0 Å². The molecule has 0 atom stereocenters. The Hall–Kier alpha value is -3.42. The van der Waals surface area contributed by atoms with Crippen molar-refractivity contribution in [2.24, 2.45) is 0 Å². The van der Waals surface area contributed by atoms with Gasteiger partial charge in [-0.05, 0) is 63.9 Å². The summed E-state index contributed by atoms with van der Waals surface area (Å²) in [6.07, 6.45) is 3.17. The van der Waals surface area contributed by atoms with E-state index in [1.165, 1.54) is 16.8 Å². The van der Waals surface area contributed by atoms with Crippen LogP contribution in [0.4, 0.5) is 11.4 Å². The van der Waals surface area contributed by atoms with Gasteiger partial charge in [0.25, 0.3) is 11.5 Å². The van der Waals surface area contributed by atoms with Gasteiger partial charge in [-0.3, -0.25) is 19.1 Å². The number of carbonyl (C=O) groups is 1. The first-order chi connectivity index (χ1) is 14.4. The largest absolute Gasteiger partial charge is 0.369 e. The number of nitrogens with zero attached hydrogens (tertiary/aromatic N) is 3. The third kappa shape index (κ3) is 3.72. The second-order valence-corrected chi connectivity index (χ2v) is 7.84. The van der Waals surface area contributed by atoms with Gasteiger partial charge in [0.1, 0.15) is 5.65 Å². The van der Waals surface area contributed by atoms with E-state index in [4.69, 9.17) is 0 Å². The monoisotopic (exact) mass is 407 g/mol.